The number of hydrogen-bond acceptors (Lipinski definition) is 5. The van der Waals surface area contributed by atoms with E-state index in [9.17, 15) is 13.2 Å². The molecule has 7 heteroatoms. The molecule has 1 heterocycles. The van der Waals surface area contributed by atoms with E-state index < -0.39 is 21.6 Å². The van der Waals surface area contributed by atoms with Crippen LogP contribution >= 0.6 is 0 Å². The standard InChI is InChI=1S/C17H20O5S2/c1-12(18)21-14-6-2-3-7-15(14)22-13-10-23(19)16-8-4-5-9-17(16)24(20)11-13/h4-5,8-10,14-15H,2-3,6-7,11H2,1H3/t14-,15+,23?,24?/m0/s1. The van der Waals surface area contributed by atoms with Crippen LogP contribution in [0.2, 0.25) is 0 Å². The molecule has 1 aromatic rings. The van der Waals surface area contributed by atoms with E-state index in [4.69, 9.17) is 9.47 Å². The molecule has 3 rings (SSSR count). The van der Waals surface area contributed by atoms with Gasteiger partial charge >= 0.3 is 5.97 Å². The molecule has 0 bridgehead atoms. The lowest BCUT2D eigenvalue weighted by Gasteiger charge is -2.31. The lowest BCUT2D eigenvalue weighted by molar-refractivity contribution is -0.155. The van der Waals surface area contributed by atoms with Crippen LogP contribution < -0.4 is 0 Å². The van der Waals surface area contributed by atoms with Crippen molar-refractivity contribution in [2.45, 2.75) is 54.6 Å². The summed E-state index contributed by atoms with van der Waals surface area (Å²) < 4.78 is 36.4. The summed E-state index contributed by atoms with van der Waals surface area (Å²) in [5, 5.41) is 1.53. The maximum Gasteiger partial charge on any atom is 0.303 e. The van der Waals surface area contributed by atoms with E-state index in [0.29, 0.717) is 15.6 Å². The molecule has 0 amide bonds. The van der Waals surface area contributed by atoms with Crippen LogP contribution in [0.4, 0.5) is 0 Å². The van der Waals surface area contributed by atoms with E-state index in [1.165, 1.54) is 12.3 Å². The second-order valence-corrected chi connectivity index (χ2v) is 8.60. The Hall–Kier alpha value is -1.47. The minimum absolute atomic E-state index is 0.187. The van der Waals surface area contributed by atoms with Crippen LogP contribution in [-0.2, 0) is 35.9 Å². The number of rotatable bonds is 3. The van der Waals surface area contributed by atoms with E-state index in [-0.39, 0.29) is 23.9 Å². The van der Waals surface area contributed by atoms with Crippen molar-refractivity contribution in [2.75, 3.05) is 5.75 Å². The zero-order valence-corrected chi connectivity index (χ0v) is 15.1. The van der Waals surface area contributed by atoms with Crippen LogP contribution in [0, 0.1) is 0 Å². The second-order valence-electron chi connectivity index (χ2n) is 5.91. The Kier molecular flexibility index (Phi) is 5.50. The third-order valence-electron chi connectivity index (χ3n) is 4.09. The fourth-order valence-electron chi connectivity index (χ4n) is 3.03. The molecule has 1 aliphatic heterocycles. The van der Waals surface area contributed by atoms with Crippen molar-refractivity contribution in [3.05, 3.63) is 35.4 Å². The summed E-state index contributed by atoms with van der Waals surface area (Å²) in [6.45, 7) is 1.39. The molecule has 0 radical (unpaired) electrons. The highest BCUT2D eigenvalue weighted by atomic mass is 32.2. The molecule has 1 aromatic carbocycles. The van der Waals surface area contributed by atoms with Gasteiger partial charge in [0.05, 0.1) is 37.1 Å². The Morgan fingerprint density at radius 1 is 1.08 bits per heavy atom. The Morgan fingerprint density at radius 2 is 1.75 bits per heavy atom. The van der Waals surface area contributed by atoms with Gasteiger partial charge in [0.2, 0.25) is 0 Å². The van der Waals surface area contributed by atoms with Crippen LogP contribution in [-0.4, -0.2) is 32.3 Å². The molecule has 1 saturated carbocycles. The monoisotopic (exact) mass is 368 g/mol. The van der Waals surface area contributed by atoms with Crippen molar-refractivity contribution >= 4 is 27.6 Å². The molecule has 1 fully saturated rings. The highest BCUT2D eigenvalue weighted by molar-refractivity contribution is 7.90. The van der Waals surface area contributed by atoms with E-state index in [0.717, 1.165) is 25.7 Å². The van der Waals surface area contributed by atoms with Gasteiger partial charge in [0.25, 0.3) is 0 Å². The summed E-state index contributed by atoms with van der Waals surface area (Å²) in [5.41, 5.74) is 0. The highest BCUT2D eigenvalue weighted by Crippen LogP contribution is 2.29. The van der Waals surface area contributed by atoms with E-state index in [2.05, 4.69) is 0 Å². The third-order valence-corrected chi connectivity index (χ3v) is 6.87. The number of esters is 1. The van der Waals surface area contributed by atoms with Gasteiger partial charge < -0.3 is 9.47 Å². The summed E-state index contributed by atoms with van der Waals surface area (Å²) in [4.78, 5) is 12.4. The Bertz CT molecular complexity index is 713. The number of carbonyl (C=O) groups is 1. The van der Waals surface area contributed by atoms with Gasteiger partial charge in [0, 0.05) is 12.3 Å². The maximum absolute atomic E-state index is 12.5. The van der Waals surface area contributed by atoms with Crippen LogP contribution in [0.3, 0.4) is 0 Å². The van der Waals surface area contributed by atoms with Crippen molar-refractivity contribution in [2.24, 2.45) is 0 Å². The molecule has 130 valence electrons. The van der Waals surface area contributed by atoms with Crippen molar-refractivity contribution in [1.82, 2.24) is 0 Å². The first-order chi connectivity index (χ1) is 11.5. The zero-order chi connectivity index (χ0) is 17.1. The summed E-state index contributed by atoms with van der Waals surface area (Å²) in [7, 11) is -2.70. The number of carbonyl (C=O) groups excluding carboxylic acids is 1. The maximum atomic E-state index is 12.5. The normalized spacial score (nSPS) is 29.8. The summed E-state index contributed by atoms with van der Waals surface area (Å²) in [5.74, 6) is 0.309. The smallest absolute Gasteiger partial charge is 0.303 e. The van der Waals surface area contributed by atoms with Crippen molar-refractivity contribution in [3.63, 3.8) is 0 Å². The number of benzene rings is 1. The van der Waals surface area contributed by atoms with Crippen molar-refractivity contribution in [3.8, 4) is 0 Å². The molecule has 5 nitrogen and oxygen atoms in total. The highest BCUT2D eigenvalue weighted by Gasteiger charge is 2.31. The minimum Gasteiger partial charge on any atom is -0.489 e. The number of fused-ring (bicyclic) bond motifs is 1. The fraction of sp³-hybridized carbons (Fsp3) is 0.471. The molecule has 1 aliphatic carbocycles. The Balaban J connectivity index is 1.79. The number of ether oxygens (including phenoxy) is 2. The summed E-state index contributed by atoms with van der Waals surface area (Å²) >= 11 is 0. The van der Waals surface area contributed by atoms with Crippen LogP contribution in [0.1, 0.15) is 32.6 Å². The quantitative estimate of drug-likeness (QED) is 0.767. The van der Waals surface area contributed by atoms with Gasteiger partial charge in [-0.1, -0.05) is 12.1 Å². The predicted octanol–water partition coefficient (Wildman–Crippen LogP) is 2.65. The molecule has 0 aromatic heterocycles. The van der Waals surface area contributed by atoms with Crippen LogP contribution in [0.25, 0.3) is 0 Å². The average Bonchev–Trinajstić information content (AvgIpc) is 2.66. The van der Waals surface area contributed by atoms with Gasteiger partial charge in [0.1, 0.15) is 18.0 Å². The average molecular weight is 368 g/mol. The Morgan fingerprint density at radius 3 is 2.46 bits per heavy atom. The van der Waals surface area contributed by atoms with Gasteiger partial charge in [0.15, 0.2) is 0 Å². The lowest BCUT2D eigenvalue weighted by Crippen LogP contribution is -2.36. The molecular formula is C17H20O5S2. The van der Waals surface area contributed by atoms with Gasteiger partial charge in [-0.2, -0.15) is 0 Å². The molecule has 0 N–H and O–H groups in total. The van der Waals surface area contributed by atoms with Crippen LogP contribution in [0.15, 0.2) is 45.2 Å². The largest absolute Gasteiger partial charge is 0.489 e. The van der Waals surface area contributed by atoms with E-state index in [1.54, 1.807) is 24.3 Å². The molecular weight excluding hydrogens is 348 g/mol. The summed E-state index contributed by atoms with van der Waals surface area (Å²) in [6, 6.07) is 7.04. The van der Waals surface area contributed by atoms with Gasteiger partial charge in [-0.25, -0.2) is 4.21 Å². The first kappa shape index (κ1) is 17.4. The van der Waals surface area contributed by atoms with Gasteiger partial charge in [-0.05, 0) is 37.8 Å². The van der Waals surface area contributed by atoms with Crippen molar-refractivity contribution < 1.29 is 22.7 Å². The van der Waals surface area contributed by atoms with E-state index >= 15 is 0 Å². The minimum atomic E-state index is -1.40. The fourth-order valence-corrected chi connectivity index (χ4v) is 5.73. The molecule has 2 unspecified atom stereocenters. The van der Waals surface area contributed by atoms with Gasteiger partial charge in [-0.15, -0.1) is 0 Å². The lowest BCUT2D eigenvalue weighted by atomic mass is 9.94. The second kappa shape index (κ2) is 7.61. The Labute approximate surface area is 146 Å². The molecule has 4 atom stereocenters. The zero-order valence-electron chi connectivity index (χ0n) is 13.4. The van der Waals surface area contributed by atoms with E-state index in [1.807, 2.05) is 0 Å². The summed E-state index contributed by atoms with van der Waals surface area (Å²) in [6.07, 6.45) is 2.92. The molecule has 0 saturated heterocycles. The SMILES string of the molecule is CC(=O)O[C@H]1CCCC[C@H]1OC1=CS(=O)c2ccccc2S(=O)C1. The molecule has 24 heavy (non-hydrogen) atoms. The number of hydrogen-bond donors (Lipinski definition) is 0. The van der Waals surface area contributed by atoms with Crippen LogP contribution in [0.5, 0.6) is 0 Å². The topological polar surface area (TPSA) is 69.7 Å². The van der Waals surface area contributed by atoms with Crippen molar-refractivity contribution in [1.29, 1.82) is 0 Å². The molecule has 0 spiro atoms. The first-order valence-corrected chi connectivity index (χ1v) is 10.5. The predicted molar refractivity (Wildman–Crippen MR) is 91.1 cm³/mol. The molecule has 2 aliphatic rings. The van der Waals surface area contributed by atoms with Gasteiger partial charge in [-0.3, -0.25) is 9.00 Å². The first-order valence-electron chi connectivity index (χ1n) is 7.97. The third kappa shape index (κ3) is 3.95.